The molecular formula is C19H16N2O8S. The molecule has 0 atom stereocenters. The van der Waals surface area contributed by atoms with Crippen molar-refractivity contribution in [2.45, 2.75) is 12.8 Å². The number of carboxylic acid groups (broad SMARTS) is 1. The number of nitro benzene ring substituents is 1. The van der Waals surface area contributed by atoms with Gasteiger partial charge in [-0.05, 0) is 36.4 Å². The van der Waals surface area contributed by atoms with Crippen LogP contribution >= 0.6 is 11.8 Å². The van der Waals surface area contributed by atoms with Gasteiger partial charge >= 0.3 is 5.97 Å². The molecule has 10 nitrogen and oxygen atoms in total. The smallest absolute Gasteiger partial charge is 0.303 e. The van der Waals surface area contributed by atoms with Crippen LogP contribution < -0.4 is 4.74 Å². The van der Waals surface area contributed by atoms with Gasteiger partial charge < -0.3 is 14.3 Å². The van der Waals surface area contributed by atoms with Crippen molar-refractivity contribution in [3.8, 4) is 17.1 Å². The fourth-order valence-corrected chi connectivity index (χ4v) is 3.63. The van der Waals surface area contributed by atoms with E-state index >= 15 is 0 Å². The minimum atomic E-state index is -0.998. The van der Waals surface area contributed by atoms with Crippen molar-refractivity contribution >= 4 is 40.6 Å². The Labute approximate surface area is 174 Å². The maximum Gasteiger partial charge on any atom is 0.303 e. The van der Waals surface area contributed by atoms with E-state index in [4.69, 9.17) is 14.3 Å². The average Bonchev–Trinajstić information content (AvgIpc) is 3.27. The molecule has 1 fully saturated rings. The van der Waals surface area contributed by atoms with Crippen LogP contribution in [0, 0.1) is 10.1 Å². The highest BCUT2D eigenvalue weighted by Gasteiger charge is 2.35. The molecule has 11 heteroatoms. The number of aliphatic carboxylic acids is 1. The van der Waals surface area contributed by atoms with Crippen LogP contribution in [-0.2, 0) is 9.59 Å². The SMILES string of the molecule is COc1cc([N+](=O)[O-])ccc1-c1ccc(C=C2SC(=O)N(CCCC(=O)O)C2=O)o1. The van der Waals surface area contributed by atoms with Gasteiger partial charge in [0.05, 0.1) is 28.6 Å². The molecule has 1 aliphatic rings. The van der Waals surface area contributed by atoms with Crippen molar-refractivity contribution in [2.75, 3.05) is 13.7 Å². The van der Waals surface area contributed by atoms with Crippen molar-refractivity contribution in [3.63, 3.8) is 0 Å². The van der Waals surface area contributed by atoms with Crippen LogP contribution in [0.2, 0.25) is 0 Å². The van der Waals surface area contributed by atoms with Gasteiger partial charge in [-0.1, -0.05) is 0 Å². The number of nitro groups is 1. The number of hydrogen-bond donors (Lipinski definition) is 1. The van der Waals surface area contributed by atoms with E-state index in [2.05, 4.69) is 0 Å². The summed E-state index contributed by atoms with van der Waals surface area (Å²) in [6.45, 7) is 0.0255. The Morgan fingerprint density at radius 2 is 2.10 bits per heavy atom. The molecule has 1 saturated heterocycles. The molecule has 30 heavy (non-hydrogen) atoms. The Kier molecular flexibility index (Phi) is 6.21. The van der Waals surface area contributed by atoms with Crippen LogP contribution in [-0.4, -0.2) is 45.7 Å². The Hall–Kier alpha value is -3.60. The first kappa shape index (κ1) is 21.1. The van der Waals surface area contributed by atoms with Gasteiger partial charge in [0.15, 0.2) is 0 Å². The molecule has 0 radical (unpaired) electrons. The van der Waals surface area contributed by atoms with E-state index < -0.39 is 22.0 Å². The first-order valence-corrected chi connectivity index (χ1v) is 9.51. The van der Waals surface area contributed by atoms with Crippen LogP contribution in [0.25, 0.3) is 17.4 Å². The number of amides is 2. The number of imide groups is 1. The summed E-state index contributed by atoms with van der Waals surface area (Å²) >= 11 is 0.745. The van der Waals surface area contributed by atoms with Gasteiger partial charge in [-0.15, -0.1) is 0 Å². The van der Waals surface area contributed by atoms with Gasteiger partial charge in [-0.2, -0.15) is 0 Å². The molecule has 2 amide bonds. The summed E-state index contributed by atoms with van der Waals surface area (Å²) in [6.07, 6.45) is 1.45. The molecular weight excluding hydrogens is 416 g/mol. The topological polar surface area (TPSA) is 140 Å². The first-order chi connectivity index (χ1) is 14.3. The zero-order valence-electron chi connectivity index (χ0n) is 15.7. The van der Waals surface area contributed by atoms with E-state index in [1.165, 1.54) is 31.4 Å². The highest BCUT2D eigenvalue weighted by atomic mass is 32.2. The number of carbonyl (C=O) groups excluding carboxylic acids is 2. The van der Waals surface area contributed by atoms with E-state index in [9.17, 15) is 24.5 Å². The summed E-state index contributed by atoms with van der Waals surface area (Å²) in [5.41, 5.74) is 0.364. The van der Waals surface area contributed by atoms with Crippen molar-refractivity contribution in [1.82, 2.24) is 4.90 Å². The van der Waals surface area contributed by atoms with Gasteiger partial charge in [0.1, 0.15) is 17.3 Å². The minimum Gasteiger partial charge on any atom is -0.496 e. The third-order valence-corrected chi connectivity index (χ3v) is 5.11. The largest absolute Gasteiger partial charge is 0.496 e. The molecule has 2 aromatic rings. The second-order valence-corrected chi connectivity index (χ2v) is 7.17. The number of non-ortho nitro benzene ring substituents is 1. The second-order valence-electron chi connectivity index (χ2n) is 6.17. The van der Waals surface area contributed by atoms with Gasteiger partial charge in [-0.25, -0.2) is 0 Å². The number of carboxylic acids is 1. The number of furan rings is 1. The zero-order chi connectivity index (χ0) is 21.8. The molecule has 0 bridgehead atoms. The van der Waals surface area contributed by atoms with Crippen LogP contribution in [0.15, 0.2) is 39.7 Å². The first-order valence-electron chi connectivity index (χ1n) is 8.70. The minimum absolute atomic E-state index is 0.0255. The third kappa shape index (κ3) is 4.51. The lowest BCUT2D eigenvalue weighted by Gasteiger charge is -2.10. The zero-order valence-corrected chi connectivity index (χ0v) is 16.5. The Morgan fingerprint density at radius 1 is 1.33 bits per heavy atom. The van der Waals surface area contributed by atoms with Crippen LogP contribution in [0.4, 0.5) is 10.5 Å². The number of methoxy groups -OCH3 is 1. The quantitative estimate of drug-likeness (QED) is 0.375. The molecule has 0 spiro atoms. The molecule has 0 aliphatic carbocycles. The van der Waals surface area contributed by atoms with E-state index in [1.807, 2.05) is 0 Å². The number of thioether (sulfide) groups is 1. The highest BCUT2D eigenvalue weighted by molar-refractivity contribution is 8.18. The van der Waals surface area contributed by atoms with E-state index in [0.717, 1.165) is 16.7 Å². The summed E-state index contributed by atoms with van der Waals surface area (Å²) < 4.78 is 10.9. The summed E-state index contributed by atoms with van der Waals surface area (Å²) in [6, 6.07) is 7.31. The predicted octanol–water partition coefficient (Wildman–Crippen LogP) is 3.76. The lowest BCUT2D eigenvalue weighted by Crippen LogP contribution is -2.29. The lowest BCUT2D eigenvalue weighted by atomic mass is 10.1. The van der Waals surface area contributed by atoms with Crippen molar-refractivity contribution < 1.29 is 33.6 Å². The molecule has 3 rings (SSSR count). The number of rotatable bonds is 8. The van der Waals surface area contributed by atoms with Crippen molar-refractivity contribution in [1.29, 1.82) is 0 Å². The predicted molar refractivity (Wildman–Crippen MR) is 107 cm³/mol. The van der Waals surface area contributed by atoms with Crippen LogP contribution in [0.3, 0.4) is 0 Å². The molecule has 0 unspecified atom stereocenters. The molecule has 1 aromatic carbocycles. The van der Waals surface area contributed by atoms with Crippen molar-refractivity contribution in [3.05, 3.63) is 51.1 Å². The molecule has 0 saturated carbocycles. The van der Waals surface area contributed by atoms with E-state index in [1.54, 1.807) is 12.1 Å². The Bertz CT molecular complexity index is 1060. The maximum atomic E-state index is 12.4. The molecule has 1 aliphatic heterocycles. The van der Waals surface area contributed by atoms with Gasteiger partial charge in [-0.3, -0.25) is 29.4 Å². The fourth-order valence-electron chi connectivity index (χ4n) is 2.78. The maximum absolute atomic E-state index is 12.4. The number of ether oxygens (including phenoxy) is 1. The summed E-state index contributed by atoms with van der Waals surface area (Å²) in [4.78, 5) is 46.6. The average molecular weight is 432 g/mol. The van der Waals surface area contributed by atoms with Crippen LogP contribution in [0.5, 0.6) is 5.75 Å². The number of nitrogens with zero attached hydrogens (tertiary/aromatic N) is 2. The van der Waals surface area contributed by atoms with Gasteiger partial charge in [0.2, 0.25) is 0 Å². The second kappa shape index (κ2) is 8.82. The number of benzene rings is 1. The molecule has 1 N–H and O–H groups in total. The number of carbonyl (C=O) groups is 3. The van der Waals surface area contributed by atoms with Gasteiger partial charge in [0, 0.05) is 25.1 Å². The third-order valence-electron chi connectivity index (χ3n) is 4.21. The summed E-state index contributed by atoms with van der Waals surface area (Å²) in [5, 5.41) is 19.1. The monoisotopic (exact) mass is 432 g/mol. The molecule has 156 valence electrons. The standard InChI is InChI=1S/C19H16N2O8S/c1-28-15-9-11(21(26)27)4-6-13(15)14-7-5-12(29-14)10-16-18(24)20(19(25)30-16)8-2-3-17(22)23/h4-7,9-10H,2-3,8H2,1H3,(H,22,23). The lowest BCUT2D eigenvalue weighted by molar-refractivity contribution is -0.384. The van der Waals surface area contributed by atoms with Crippen molar-refractivity contribution in [2.24, 2.45) is 0 Å². The summed E-state index contributed by atoms with van der Waals surface area (Å²) in [7, 11) is 1.38. The summed E-state index contributed by atoms with van der Waals surface area (Å²) in [5.74, 6) is -0.581. The molecule has 1 aromatic heterocycles. The highest BCUT2D eigenvalue weighted by Crippen LogP contribution is 2.36. The van der Waals surface area contributed by atoms with Crippen LogP contribution in [0.1, 0.15) is 18.6 Å². The Balaban J connectivity index is 1.79. The number of hydrogen-bond acceptors (Lipinski definition) is 8. The fraction of sp³-hybridized carbons (Fsp3) is 0.211. The Morgan fingerprint density at radius 3 is 2.77 bits per heavy atom. The van der Waals surface area contributed by atoms with E-state index in [0.29, 0.717) is 17.1 Å². The van der Waals surface area contributed by atoms with Gasteiger partial charge in [0.25, 0.3) is 16.8 Å². The van der Waals surface area contributed by atoms with E-state index in [-0.39, 0.29) is 35.7 Å². The molecule has 2 heterocycles. The normalized spacial score (nSPS) is 15.1.